The van der Waals surface area contributed by atoms with Gasteiger partial charge < -0.3 is 0 Å². The zero-order valence-electron chi connectivity index (χ0n) is 11.7. The van der Waals surface area contributed by atoms with Gasteiger partial charge in [0.05, 0.1) is 25.6 Å². The number of fused-ring (bicyclic) bond motifs is 1. The number of benzene rings is 2. The Balaban J connectivity index is 2.20. The van der Waals surface area contributed by atoms with Crippen LogP contribution >= 0.6 is 11.6 Å². The number of anilines is 1. The van der Waals surface area contributed by atoms with E-state index in [4.69, 9.17) is 11.6 Å². The molecule has 105 valence electrons. The highest BCUT2D eigenvalue weighted by Gasteiger charge is 2.39. The average molecular weight is 315 g/mol. The number of rotatable bonds is 2. The maximum absolute atomic E-state index is 12.7. The molecule has 0 N–H and O–H groups in total. The van der Waals surface area contributed by atoms with Gasteiger partial charge in [-0.1, -0.05) is 42.9 Å². The third-order valence-corrected chi connectivity index (χ3v) is 5.51. The molecule has 1 aliphatic rings. The smallest absolute Gasteiger partial charge is 0.266 e. The second-order valence-electron chi connectivity index (χ2n) is 5.13. The molecule has 21 heavy (non-hydrogen) atoms. The second-order valence-corrected chi connectivity index (χ2v) is 8.03. The summed E-state index contributed by atoms with van der Waals surface area (Å²) in [6.07, 6.45) is 0. The quantitative estimate of drug-likeness (QED) is 0.631. The van der Waals surface area contributed by atoms with Crippen molar-refractivity contribution >= 4 is 43.1 Å². The molecular weight excluding hydrogens is 302 g/mol. The zero-order valence-corrected chi connectivity index (χ0v) is 13.4. The molecule has 0 bridgehead atoms. The van der Waals surface area contributed by atoms with Crippen LogP contribution in [0.4, 0.5) is 5.69 Å². The first kappa shape index (κ1) is 14.0. The summed E-state index contributed by atoms with van der Waals surface area (Å²) < 4.78 is 0. The Hall–Kier alpha value is -1.91. The Labute approximate surface area is 129 Å². The van der Waals surface area contributed by atoms with E-state index in [2.05, 4.69) is 13.1 Å². The highest BCUT2D eigenvalue weighted by molar-refractivity contribution is 6.75. The van der Waals surface area contributed by atoms with Crippen LogP contribution in [0.2, 0.25) is 18.1 Å². The molecule has 1 aliphatic heterocycles. The largest absolute Gasteiger partial charge is 0.268 e. The third kappa shape index (κ3) is 2.11. The molecule has 3 nitrogen and oxygen atoms in total. The summed E-state index contributed by atoms with van der Waals surface area (Å²) in [6, 6.07) is 12.3. The molecule has 0 fully saturated rings. The van der Waals surface area contributed by atoms with Crippen molar-refractivity contribution in [3.63, 3.8) is 0 Å². The number of hydrogen-bond donors (Lipinski definition) is 0. The van der Waals surface area contributed by atoms with Crippen molar-refractivity contribution in [1.82, 2.24) is 0 Å². The fraction of sp³-hybridized carbons (Fsp3) is 0.125. The minimum atomic E-state index is -0.958. The standard InChI is InChI=1S/C16H13ClNO2Si/c1-21(2)14-12(17)9-8-11-13(14)16(20)18(15(11)19)10-6-4-3-5-7-10/h3-9H,1-2H3. The summed E-state index contributed by atoms with van der Waals surface area (Å²) in [5.41, 5.74) is 1.52. The van der Waals surface area contributed by atoms with E-state index in [1.165, 1.54) is 4.90 Å². The van der Waals surface area contributed by atoms with E-state index in [0.29, 0.717) is 21.8 Å². The Morgan fingerprint density at radius 3 is 2.24 bits per heavy atom. The van der Waals surface area contributed by atoms with Gasteiger partial charge in [-0.3, -0.25) is 9.59 Å². The number of nitrogens with zero attached hydrogens (tertiary/aromatic N) is 1. The molecule has 0 aromatic heterocycles. The maximum atomic E-state index is 12.7. The van der Waals surface area contributed by atoms with E-state index >= 15 is 0 Å². The number of halogens is 1. The molecule has 0 saturated carbocycles. The van der Waals surface area contributed by atoms with Crippen molar-refractivity contribution in [3.8, 4) is 0 Å². The van der Waals surface area contributed by atoms with Crippen LogP contribution in [0.5, 0.6) is 0 Å². The monoisotopic (exact) mass is 314 g/mol. The minimum absolute atomic E-state index is 0.273. The van der Waals surface area contributed by atoms with Gasteiger partial charge >= 0.3 is 0 Å². The number of carbonyl (C=O) groups is 2. The topological polar surface area (TPSA) is 37.4 Å². The van der Waals surface area contributed by atoms with E-state index in [1.807, 2.05) is 18.2 Å². The van der Waals surface area contributed by atoms with Crippen molar-refractivity contribution in [3.05, 3.63) is 58.6 Å². The van der Waals surface area contributed by atoms with Crippen LogP contribution in [0.15, 0.2) is 42.5 Å². The second kappa shape index (κ2) is 5.13. The fourth-order valence-electron chi connectivity index (χ4n) is 2.60. The van der Waals surface area contributed by atoms with E-state index in [9.17, 15) is 9.59 Å². The Kier molecular flexibility index (Phi) is 3.43. The van der Waals surface area contributed by atoms with Crippen LogP contribution < -0.4 is 10.1 Å². The lowest BCUT2D eigenvalue weighted by Crippen LogP contribution is -2.34. The van der Waals surface area contributed by atoms with E-state index < -0.39 is 8.80 Å². The number of para-hydroxylation sites is 1. The highest BCUT2D eigenvalue weighted by atomic mass is 35.5. The first-order valence-electron chi connectivity index (χ1n) is 6.59. The van der Waals surface area contributed by atoms with Crippen molar-refractivity contribution in [2.45, 2.75) is 13.1 Å². The SMILES string of the molecule is C[Si](C)c1c(Cl)ccc2c1C(=O)N(c1ccccc1)C2=O. The minimum Gasteiger partial charge on any atom is -0.268 e. The first-order chi connectivity index (χ1) is 10.0. The summed E-state index contributed by atoms with van der Waals surface area (Å²) in [5.74, 6) is -0.549. The van der Waals surface area contributed by atoms with E-state index in [0.717, 1.165) is 5.19 Å². The lowest BCUT2D eigenvalue weighted by Gasteiger charge is -2.14. The predicted molar refractivity (Wildman–Crippen MR) is 86.2 cm³/mol. The lowest BCUT2D eigenvalue weighted by molar-refractivity contribution is 0.0926. The molecule has 1 heterocycles. The van der Waals surface area contributed by atoms with E-state index in [-0.39, 0.29) is 11.8 Å². The van der Waals surface area contributed by atoms with Crippen molar-refractivity contribution < 1.29 is 9.59 Å². The molecule has 0 spiro atoms. The van der Waals surface area contributed by atoms with Crippen LogP contribution in [-0.2, 0) is 0 Å². The third-order valence-electron chi connectivity index (χ3n) is 3.52. The molecule has 1 radical (unpaired) electrons. The summed E-state index contributed by atoms with van der Waals surface area (Å²) >= 11 is 6.25. The molecule has 0 aliphatic carbocycles. The van der Waals surface area contributed by atoms with Crippen molar-refractivity contribution in [2.75, 3.05) is 4.90 Å². The van der Waals surface area contributed by atoms with Crippen LogP contribution in [-0.4, -0.2) is 20.6 Å². The van der Waals surface area contributed by atoms with Crippen LogP contribution in [0.1, 0.15) is 20.7 Å². The van der Waals surface area contributed by atoms with Gasteiger partial charge in [0, 0.05) is 5.02 Å². The van der Waals surface area contributed by atoms with Gasteiger partial charge in [0.1, 0.15) is 0 Å². The van der Waals surface area contributed by atoms with Gasteiger partial charge in [-0.2, -0.15) is 0 Å². The normalized spacial score (nSPS) is 14.0. The van der Waals surface area contributed by atoms with Gasteiger partial charge in [0.15, 0.2) is 0 Å². The van der Waals surface area contributed by atoms with Crippen molar-refractivity contribution in [2.24, 2.45) is 0 Å². The van der Waals surface area contributed by atoms with Crippen LogP contribution in [0.25, 0.3) is 0 Å². The number of amides is 2. The molecule has 5 heteroatoms. The molecule has 0 unspecified atom stereocenters. The molecule has 2 aromatic rings. The number of imide groups is 1. The number of hydrogen-bond acceptors (Lipinski definition) is 2. The molecule has 2 amide bonds. The van der Waals surface area contributed by atoms with Gasteiger partial charge in [-0.25, -0.2) is 4.90 Å². The zero-order chi connectivity index (χ0) is 15.1. The summed E-state index contributed by atoms with van der Waals surface area (Å²) in [6.45, 7) is 4.13. The summed E-state index contributed by atoms with van der Waals surface area (Å²) in [4.78, 5) is 26.5. The molecular formula is C16H13ClNO2Si. The van der Waals surface area contributed by atoms with Gasteiger partial charge in [0.2, 0.25) is 0 Å². The summed E-state index contributed by atoms with van der Waals surface area (Å²) in [7, 11) is -0.958. The fourth-order valence-corrected chi connectivity index (χ4v) is 4.63. The predicted octanol–water partition coefficient (Wildman–Crippen LogP) is 3.10. The highest BCUT2D eigenvalue weighted by Crippen LogP contribution is 2.29. The Morgan fingerprint density at radius 1 is 0.952 bits per heavy atom. The molecule has 3 rings (SSSR count). The van der Waals surface area contributed by atoms with Crippen LogP contribution in [0, 0.1) is 0 Å². The maximum Gasteiger partial charge on any atom is 0.266 e. The van der Waals surface area contributed by atoms with Crippen molar-refractivity contribution in [1.29, 1.82) is 0 Å². The summed E-state index contributed by atoms with van der Waals surface area (Å²) in [5, 5.41) is 1.42. The van der Waals surface area contributed by atoms with Gasteiger partial charge in [0.25, 0.3) is 11.8 Å². The lowest BCUT2D eigenvalue weighted by atomic mass is 10.1. The molecule has 0 saturated heterocycles. The van der Waals surface area contributed by atoms with Gasteiger partial charge in [-0.05, 0) is 29.5 Å². The van der Waals surface area contributed by atoms with Gasteiger partial charge in [-0.15, -0.1) is 0 Å². The Bertz CT molecular complexity index is 743. The van der Waals surface area contributed by atoms with Crippen LogP contribution in [0.3, 0.4) is 0 Å². The average Bonchev–Trinajstić information content (AvgIpc) is 2.71. The first-order valence-corrected chi connectivity index (χ1v) is 9.47. The number of carbonyl (C=O) groups excluding carboxylic acids is 2. The van der Waals surface area contributed by atoms with E-state index in [1.54, 1.807) is 24.3 Å². The molecule has 0 atom stereocenters. The Morgan fingerprint density at radius 2 is 1.62 bits per heavy atom. The molecule has 2 aromatic carbocycles.